The van der Waals surface area contributed by atoms with Gasteiger partial charge >= 0.3 is 5.97 Å². The van der Waals surface area contributed by atoms with Crippen LogP contribution in [0.4, 0.5) is 0 Å². The summed E-state index contributed by atoms with van der Waals surface area (Å²) in [6.07, 6.45) is 4.04. The molecule has 0 saturated heterocycles. The summed E-state index contributed by atoms with van der Waals surface area (Å²) in [6.45, 7) is 0.735. The smallest absolute Gasteiger partial charge is 0.303 e. The Labute approximate surface area is 117 Å². The first-order valence-electron chi connectivity index (χ1n) is 6.39. The third-order valence-corrected chi connectivity index (χ3v) is 2.72. The fourth-order valence-electron chi connectivity index (χ4n) is 1.74. The minimum absolute atomic E-state index is 0.0231. The van der Waals surface area contributed by atoms with Crippen molar-refractivity contribution in [1.29, 1.82) is 5.26 Å². The van der Waals surface area contributed by atoms with E-state index in [1.807, 2.05) is 12.1 Å². The largest absolute Gasteiger partial charge is 0.481 e. The van der Waals surface area contributed by atoms with Crippen LogP contribution in [0.15, 0.2) is 24.5 Å². The Kier molecular flexibility index (Phi) is 6.76. The fourth-order valence-corrected chi connectivity index (χ4v) is 1.74. The topological polar surface area (TPSA) is 94.3 Å². The first-order chi connectivity index (χ1) is 9.63. The summed E-state index contributed by atoms with van der Waals surface area (Å²) in [7, 11) is 0. The van der Waals surface area contributed by atoms with Gasteiger partial charge in [0.15, 0.2) is 0 Å². The summed E-state index contributed by atoms with van der Waals surface area (Å²) >= 11 is 0. The lowest BCUT2D eigenvalue weighted by Gasteiger charge is -2.21. The van der Waals surface area contributed by atoms with Gasteiger partial charge in [-0.25, -0.2) is 0 Å². The van der Waals surface area contributed by atoms with Crippen molar-refractivity contribution in [2.45, 2.75) is 32.2 Å². The molecule has 0 atom stereocenters. The molecule has 0 aliphatic heterocycles. The Morgan fingerprint density at radius 2 is 2.20 bits per heavy atom. The lowest BCUT2D eigenvalue weighted by Crippen LogP contribution is -2.31. The van der Waals surface area contributed by atoms with Crippen LogP contribution in [-0.4, -0.2) is 33.4 Å². The van der Waals surface area contributed by atoms with Crippen LogP contribution in [-0.2, 0) is 16.1 Å². The number of pyridine rings is 1. The maximum absolute atomic E-state index is 12.0. The molecule has 1 aromatic heterocycles. The molecular formula is C14H17N3O3. The van der Waals surface area contributed by atoms with Crippen LogP contribution in [0.2, 0.25) is 0 Å². The van der Waals surface area contributed by atoms with Gasteiger partial charge in [0.2, 0.25) is 5.91 Å². The van der Waals surface area contributed by atoms with E-state index in [9.17, 15) is 9.59 Å². The Morgan fingerprint density at radius 1 is 1.40 bits per heavy atom. The van der Waals surface area contributed by atoms with Gasteiger partial charge in [-0.05, 0) is 18.1 Å². The summed E-state index contributed by atoms with van der Waals surface area (Å²) in [5.74, 6) is -1.04. The van der Waals surface area contributed by atoms with E-state index in [1.54, 1.807) is 23.4 Å². The van der Waals surface area contributed by atoms with Gasteiger partial charge in [0.1, 0.15) is 0 Å². The minimum atomic E-state index is -0.909. The second-order valence-electron chi connectivity index (χ2n) is 4.33. The van der Waals surface area contributed by atoms with Gasteiger partial charge in [-0.2, -0.15) is 5.26 Å². The standard InChI is InChI=1S/C14H17N3O3/c15-7-3-9-17(11-12-4-2-8-16-10-12)13(18)5-1-6-14(19)20/h2,4,8,10H,1,3,5-6,9,11H2,(H,19,20). The molecule has 1 heterocycles. The molecule has 0 saturated carbocycles. The van der Waals surface area contributed by atoms with Gasteiger partial charge in [-0.1, -0.05) is 6.07 Å². The van der Waals surface area contributed by atoms with Crippen LogP contribution in [0.25, 0.3) is 0 Å². The van der Waals surface area contributed by atoms with E-state index in [2.05, 4.69) is 4.98 Å². The zero-order valence-corrected chi connectivity index (χ0v) is 11.2. The molecule has 0 aliphatic carbocycles. The molecule has 1 amide bonds. The number of rotatable bonds is 8. The number of amides is 1. The maximum atomic E-state index is 12.0. The molecule has 1 rings (SSSR count). The number of aromatic nitrogens is 1. The van der Waals surface area contributed by atoms with Gasteiger partial charge in [-0.15, -0.1) is 0 Å². The van der Waals surface area contributed by atoms with Crippen molar-refractivity contribution in [1.82, 2.24) is 9.88 Å². The van der Waals surface area contributed by atoms with Gasteiger partial charge < -0.3 is 10.0 Å². The monoisotopic (exact) mass is 275 g/mol. The van der Waals surface area contributed by atoms with Crippen molar-refractivity contribution in [3.8, 4) is 6.07 Å². The van der Waals surface area contributed by atoms with Crippen molar-refractivity contribution >= 4 is 11.9 Å². The molecule has 1 N–H and O–H groups in total. The van der Waals surface area contributed by atoms with E-state index in [1.165, 1.54) is 0 Å². The molecular weight excluding hydrogens is 258 g/mol. The van der Waals surface area contributed by atoms with E-state index in [4.69, 9.17) is 10.4 Å². The highest BCUT2D eigenvalue weighted by atomic mass is 16.4. The summed E-state index contributed by atoms with van der Waals surface area (Å²) in [5.41, 5.74) is 0.886. The van der Waals surface area contributed by atoms with Crippen molar-refractivity contribution in [2.24, 2.45) is 0 Å². The number of aliphatic carboxylic acids is 1. The Hall–Kier alpha value is -2.42. The van der Waals surface area contributed by atoms with Crippen LogP contribution < -0.4 is 0 Å². The molecule has 0 aliphatic rings. The van der Waals surface area contributed by atoms with Gasteiger partial charge in [0.25, 0.3) is 0 Å². The van der Waals surface area contributed by atoms with Crippen LogP contribution >= 0.6 is 0 Å². The third-order valence-electron chi connectivity index (χ3n) is 2.72. The Balaban J connectivity index is 2.56. The molecule has 106 valence electrons. The molecule has 20 heavy (non-hydrogen) atoms. The quantitative estimate of drug-likeness (QED) is 0.777. The molecule has 6 heteroatoms. The number of nitriles is 1. The Bertz CT molecular complexity index is 482. The normalized spacial score (nSPS) is 9.75. The number of hydrogen-bond donors (Lipinski definition) is 1. The van der Waals surface area contributed by atoms with Gasteiger partial charge in [0, 0.05) is 38.3 Å². The molecule has 1 aromatic rings. The molecule has 6 nitrogen and oxygen atoms in total. The van der Waals surface area contributed by atoms with Crippen molar-refractivity contribution < 1.29 is 14.7 Å². The van der Waals surface area contributed by atoms with E-state index in [0.717, 1.165) is 5.56 Å². The molecule has 0 fully saturated rings. The number of carbonyl (C=O) groups is 2. The Morgan fingerprint density at radius 3 is 2.80 bits per heavy atom. The highest BCUT2D eigenvalue weighted by molar-refractivity contribution is 5.77. The SMILES string of the molecule is N#CCCN(Cc1cccnc1)C(=O)CCCC(=O)O. The third kappa shape index (κ3) is 5.96. The first-order valence-corrected chi connectivity index (χ1v) is 6.39. The zero-order chi connectivity index (χ0) is 14.8. The summed E-state index contributed by atoms with van der Waals surface area (Å²) in [6, 6.07) is 5.65. The molecule has 0 radical (unpaired) electrons. The highest BCUT2D eigenvalue weighted by Gasteiger charge is 2.14. The van der Waals surface area contributed by atoms with Crippen LogP contribution in [0.1, 0.15) is 31.2 Å². The van der Waals surface area contributed by atoms with Crippen molar-refractivity contribution in [2.75, 3.05) is 6.54 Å². The number of carboxylic acids is 1. The summed E-state index contributed by atoms with van der Waals surface area (Å²) < 4.78 is 0. The van der Waals surface area contributed by atoms with Crippen LogP contribution in [0, 0.1) is 11.3 Å². The predicted molar refractivity (Wildman–Crippen MR) is 71.4 cm³/mol. The number of carbonyl (C=O) groups excluding carboxylic acids is 1. The second kappa shape index (κ2) is 8.64. The molecule has 0 bridgehead atoms. The summed E-state index contributed by atoms with van der Waals surface area (Å²) in [5, 5.41) is 17.2. The number of nitrogens with zero attached hydrogens (tertiary/aromatic N) is 3. The fraction of sp³-hybridized carbons (Fsp3) is 0.429. The number of carboxylic acid groups (broad SMARTS) is 1. The second-order valence-corrected chi connectivity index (χ2v) is 4.33. The van der Waals surface area contributed by atoms with Crippen molar-refractivity contribution in [3.05, 3.63) is 30.1 Å². The van der Waals surface area contributed by atoms with Crippen molar-refractivity contribution in [3.63, 3.8) is 0 Å². The van der Waals surface area contributed by atoms with Gasteiger partial charge in [0.05, 0.1) is 12.5 Å². The van der Waals surface area contributed by atoms with Gasteiger partial charge in [-0.3, -0.25) is 14.6 Å². The molecule has 0 spiro atoms. The lowest BCUT2D eigenvalue weighted by atomic mass is 10.2. The van der Waals surface area contributed by atoms with Crippen LogP contribution in [0.3, 0.4) is 0 Å². The maximum Gasteiger partial charge on any atom is 0.303 e. The lowest BCUT2D eigenvalue weighted by molar-refractivity contribution is -0.137. The average Bonchev–Trinajstić information content (AvgIpc) is 2.44. The molecule has 0 aromatic carbocycles. The summed E-state index contributed by atoms with van der Waals surface area (Å²) in [4.78, 5) is 28.0. The van der Waals surface area contributed by atoms with E-state index >= 15 is 0 Å². The minimum Gasteiger partial charge on any atom is -0.481 e. The molecule has 0 unspecified atom stereocenters. The van der Waals surface area contributed by atoms with E-state index in [0.29, 0.717) is 19.5 Å². The first kappa shape index (κ1) is 15.6. The van der Waals surface area contributed by atoms with E-state index in [-0.39, 0.29) is 25.2 Å². The highest BCUT2D eigenvalue weighted by Crippen LogP contribution is 2.08. The average molecular weight is 275 g/mol. The van der Waals surface area contributed by atoms with Crippen LogP contribution in [0.5, 0.6) is 0 Å². The number of hydrogen-bond acceptors (Lipinski definition) is 4. The van der Waals surface area contributed by atoms with E-state index < -0.39 is 5.97 Å². The zero-order valence-electron chi connectivity index (χ0n) is 11.2. The predicted octanol–water partition coefficient (Wildman–Crippen LogP) is 1.58.